The summed E-state index contributed by atoms with van der Waals surface area (Å²) < 4.78 is 13.3. The lowest BCUT2D eigenvalue weighted by Crippen LogP contribution is -2.06. The third-order valence-electron chi connectivity index (χ3n) is 3.13. The van der Waals surface area contributed by atoms with Crippen molar-refractivity contribution in [2.75, 3.05) is 5.32 Å². The molecule has 0 bridgehead atoms. The highest BCUT2D eigenvalue weighted by Gasteiger charge is 2.06. The number of halogens is 2. The van der Waals surface area contributed by atoms with Crippen LogP contribution in [0.5, 0.6) is 0 Å². The number of hydrogen-bond acceptors (Lipinski definition) is 1. The summed E-state index contributed by atoms with van der Waals surface area (Å²) in [5.74, 6) is -0.330. The van der Waals surface area contributed by atoms with Gasteiger partial charge in [-0.15, -0.1) is 0 Å². The maximum absolute atomic E-state index is 13.3. The van der Waals surface area contributed by atoms with Gasteiger partial charge in [-0.3, -0.25) is 0 Å². The Morgan fingerprint density at radius 1 is 1.16 bits per heavy atom. The molecule has 0 aliphatic rings. The standard InChI is InChI=1S/C16H17ClFN/c1-3-12-4-6-13(7-5-12)11(2)19-16-9-14(17)8-15(18)10-16/h4-11,19H,3H2,1-2H3. The van der Waals surface area contributed by atoms with Crippen LogP contribution in [0.2, 0.25) is 5.02 Å². The summed E-state index contributed by atoms with van der Waals surface area (Å²) >= 11 is 5.84. The van der Waals surface area contributed by atoms with E-state index in [1.807, 2.05) is 6.92 Å². The van der Waals surface area contributed by atoms with Crippen molar-refractivity contribution in [3.05, 3.63) is 64.4 Å². The zero-order valence-corrected chi connectivity index (χ0v) is 11.8. The van der Waals surface area contributed by atoms with Crippen LogP contribution >= 0.6 is 11.6 Å². The Morgan fingerprint density at radius 3 is 2.42 bits per heavy atom. The first-order valence-corrected chi connectivity index (χ1v) is 6.77. The minimum absolute atomic E-state index is 0.101. The summed E-state index contributed by atoms with van der Waals surface area (Å²) in [6.07, 6.45) is 1.03. The van der Waals surface area contributed by atoms with Crippen LogP contribution in [0.3, 0.4) is 0 Å². The molecule has 0 saturated heterocycles. The SMILES string of the molecule is CCc1ccc(C(C)Nc2cc(F)cc(Cl)c2)cc1. The van der Waals surface area contributed by atoms with Gasteiger partial charge in [0.2, 0.25) is 0 Å². The van der Waals surface area contributed by atoms with E-state index < -0.39 is 0 Å². The quantitative estimate of drug-likeness (QED) is 0.808. The third kappa shape index (κ3) is 3.71. The van der Waals surface area contributed by atoms with Gasteiger partial charge in [-0.2, -0.15) is 0 Å². The van der Waals surface area contributed by atoms with E-state index in [-0.39, 0.29) is 11.9 Å². The molecule has 0 aliphatic heterocycles. The molecule has 0 spiro atoms. The van der Waals surface area contributed by atoms with Gasteiger partial charge in [0.15, 0.2) is 0 Å². The van der Waals surface area contributed by atoms with E-state index in [2.05, 4.69) is 36.5 Å². The number of hydrogen-bond donors (Lipinski definition) is 1. The average Bonchev–Trinajstić information content (AvgIpc) is 2.37. The first kappa shape index (κ1) is 13.9. The predicted octanol–water partition coefficient (Wildman–Crippen LogP) is 5.21. The first-order valence-electron chi connectivity index (χ1n) is 6.40. The van der Waals surface area contributed by atoms with Crippen molar-refractivity contribution in [3.63, 3.8) is 0 Å². The fourth-order valence-corrected chi connectivity index (χ4v) is 2.23. The van der Waals surface area contributed by atoms with Crippen molar-refractivity contribution in [3.8, 4) is 0 Å². The van der Waals surface area contributed by atoms with Crippen LogP contribution < -0.4 is 5.32 Å². The topological polar surface area (TPSA) is 12.0 Å². The third-order valence-corrected chi connectivity index (χ3v) is 3.35. The Labute approximate surface area is 118 Å². The van der Waals surface area contributed by atoms with Gasteiger partial charge in [-0.25, -0.2) is 4.39 Å². The number of nitrogens with one attached hydrogen (secondary N) is 1. The highest BCUT2D eigenvalue weighted by atomic mass is 35.5. The molecule has 0 saturated carbocycles. The Balaban J connectivity index is 2.13. The first-order chi connectivity index (χ1) is 9.08. The average molecular weight is 278 g/mol. The molecular formula is C16H17ClFN. The number of aryl methyl sites for hydroxylation is 1. The van der Waals surface area contributed by atoms with Gasteiger partial charge >= 0.3 is 0 Å². The molecule has 19 heavy (non-hydrogen) atoms. The van der Waals surface area contributed by atoms with Gasteiger partial charge in [0.05, 0.1) is 0 Å². The summed E-state index contributed by atoms with van der Waals surface area (Å²) in [5.41, 5.74) is 3.17. The smallest absolute Gasteiger partial charge is 0.126 e. The molecular weight excluding hydrogens is 261 g/mol. The van der Waals surface area contributed by atoms with Crippen molar-refractivity contribution < 1.29 is 4.39 Å². The molecule has 0 heterocycles. The van der Waals surface area contributed by atoms with Crippen LogP contribution in [0.1, 0.15) is 31.0 Å². The minimum Gasteiger partial charge on any atom is -0.378 e. The lowest BCUT2D eigenvalue weighted by Gasteiger charge is -2.16. The fraction of sp³-hybridized carbons (Fsp3) is 0.250. The number of rotatable bonds is 4. The molecule has 1 atom stereocenters. The van der Waals surface area contributed by atoms with Gasteiger partial charge in [0.1, 0.15) is 5.82 Å². The van der Waals surface area contributed by atoms with Crippen molar-refractivity contribution in [2.45, 2.75) is 26.3 Å². The Morgan fingerprint density at radius 2 is 1.84 bits per heavy atom. The Kier molecular flexibility index (Phi) is 4.43. The number of anilines is 1. The van der Waals surface area contributed by atoms with E-state index >= 15 is 0 Å². The van der Waals surface area contributed by atoms with Gasteiger partial charge < -0.3 is 5.32 Å². The van der Waals surface area contributed by atoms with Crippen molar-refractivity contribution in [2.24, 2.45) is 0 Å². The molecule has 3 heteroatoms. The van der Waals surface area contributed by atoms with Gasteiger partial charge in [-0.05, 0) is 42.7 Å². The molecule has 1 N–H and O–H groups in total. The normalized spacial score (nSPS) is 12.2. The highest BCUT2D eigenvalue weighted by Crippen LogP contribution is 2.23. The van der Waals surface area contributed by atoms with E-state index in [0.29, 0.717) is 10.7 Å². The fourth-order valence-electron chi connectivity index (χ4n) is 2.01. The number of benzene rings is 2. The van der Waals surface area contributed by atoms with Crippen molar-refractivity contribution in [1.29, 1.82) is 0 Å². The second-order valence-electron chi connectivity index (χ2n) is 4.62. The van der Waals surface area contributed by atoms with E-state index in [1.54, 1.807) is 6.07 Å². The Bertz CT molecular complexity index is 531. The van der Waals surface area contributed by atoms with Gasteiger partial charge in [0, 0.05) is 16.8 Å². The minimum atomic E-state index is -0.330. The maximum Gasteiger partial charge on any atom is 0.126 e. The molecule has 2 rings (SSSR count). The summed E-state index contributed by atoms with van der Waals surface area (Å²) in [6, 6.07) is 13.0. The lowest BCUT2D eigenvalue weighted by molar-refractivity contribution is 0.628. The van der Waals surface area contributed by atoms with Gasteiger partial charge in [0.25, 0.3) is 0 Å². The van der Waals surface area contributed by atoms with E-state index in [4.69, 9.17) is 11.6 Å². The predicted molar refractivity (Wildman–Crippen MR) is 79.3 cm³/mol. The highest BCUT2D eigenvalue weighted by molar-refractivity contribution is 6.30. The second-order valence-corrected chi connectivity index (χ2v) is 5.06. The summed E-state index contributed by atoms with van der Waals surface area (Å²) in [6.45, 7) is 4.17. The van der Waals surface area contributed by atoms with Crippen LogP contribution in [0.4, 0.5) is 10.1 Å². The van der Waals surface area contributed by atoms with Crippen LogP contribution in [0.25, 0.3) is 0 Å². The molecule has 100 valence electrons. The molecule has 1 unspecified atom stereocenters. The zero-order valence-electron chi connectivity index (χ0n) is 11.1. The summed E-state index contributed by atoms with van der Waals surface area (Å²) in [7, 11) is 0. The van der Waals surface area contributed by atoms with E-state index in [9.17, 15) is 4.39 Å². The molecule has 2 aromatic rings. The molecule has 0 fully saturated rings. The molecule has 0 aromatic heterocycles. The summed E-state index contributed by atoms with van der Waals surface area (Å²) in [5, 5.41) is 3.65. The largest absolute Gasteiger partial charge is 0.378 e. The van der Waals surface area contributed by atoms with Crippen LogP contribution in [-0.2, 0) is 6.42 Å². The van der Waals surface area contributed by atoms with E-state index in [0.717, 1.165) is 12.0 Å². The molecule has 0 radical (unpaired) electrons. The van der Waals surface area contributed by atoms with Crippen molar-refractivity contribution >= 4 is 17.3 Å². The van der Waals surface area contributed by atoms with Crippen molar-refractivity contribution in [1.82, 2.24) is 0 Å². The maximum atomic E-state index is 13.3. The van der Waals surface area contributed by atoms with Crippen LogP contribution in [0, 0.1) is 5.82 Å². The second kappa shape index (κ2) is 6.07. The molecule has 0 aliphatic carbocycles. The van der Waals surface area contributed by atoms with Crippen LogP contribution in [0.15, 0.2) is 42.5 Å². The Hall–Kier alpha value is -1.54. The zero-order chi connectivity index (χ0) is 13.8. The molecule has 2 aromatic carbocycles. The molecule has 1 nitrogen and oxygen atoms in total. The van der Waals surface area contributed by atoms with E-state index in [1.165, 1.54) is 17.7 Å². The van der Waals surface area contributed by atoms with Gasteiger partial charge in [-0.1, -0.05) is 42.8 Å². The van der Waals surface area contributed by atoms with Crippen LogP contribution in [-0.4, -0.2) is 0 Å². The summed E-state index contributed by atoms with van der Waals surface area (Å²) in [4.78, 5) is 0. The monoisotopic (exact) mass is 277 g/mol. The lowest BCUT2D eigenvalue weighted by atomic mass is 10.0. The molecule has 0 amide bonds.